The molecule has 2 rings (SSSR count). The van der Waals surface area contributed by atoms with Crippen LogP contribution in [0.5, 0.6) is 0 Å². The van der Waals surface area contributed by atoms with E-state index >= 15 is 0 Å². The molecule has 0 bridgehead atoms. The van der Waals surface area contributed by atoms with Crippen molar-refractivity contribution in [2.75, 3.05) is 7.05 Å². The minimum atomic E-state index is 0.0449. The van der Waals surface area contributed by atoms with Gasteiger partial charge in [0.25, 0.3) is 0 Å². The highest BCUT2D eigenvalue weighted by Crippen LogP contribution is 2.25. The molecule has 0 heterocycles. The molecule has 2 N–H and O–H groups in total. The summed E-state index contributed by atoms with van der Waals surface area (Å²) in [5.41, 5.74) is 8.66. The molecule has 2 unspecified atom stereocenters. The molecule has 2 aromatic carbocycles. The molecule has 0 aromatic heterocycles. The Morgan fingerprint density at radius 1 is 1.10 bits per heavy atom. The molecule has 0 saturated carbocycles. The monoisotopic (exact) mass is 366 g/mol. The van der Waals surface area contributed by atoms with Crippen LogP contribution >= 0.6 is 27.5 Å². The van der Waals surface area contributed by atoms with Gasteiger partial charge in [-0.15, -0.1) is 0 Å². The molecule has 2 atom stereocenters. The average molecular weight is 368 g/mol. The third kappa shape index (κ3) is 4.55. The maximum absolute atomic E-state index is 6.21. The molecule has 0 fully saturated rings. The molecular weight excluding hydrogens is 348 g/mol. The topological polar surface area (TPSA) is 29.3 Å². The molecule has 4 heteroatoms. The Bertz CT molecular complexity index is 566. The first-order valence-electron chi connectivity index (χ1n) is 6.93. The largest absolute Gasteiger partial charge is 0.326 e. The van der Waals surface area contributed by atoms with Crippen LogP contribution in [-0.4, -0.2) is 18.0 Å². The summed E-state index contributed by atoms with van der Waals surface area (Å²) in [6, 6.07) is 16.5. The van der Waals surface area contributed by atoms with E-state index in [1.54, 1.807) is 0 Å². The fourth-order valence-electron chi connectivity index (χ4n) is 2.60. The van der Waals surface area contributed by atoms with Crippen molar-refractivity contribution in [2.24, 2.45) is 5.73 Å². The van der Waals surface area contributed by atoms with Crippen molar-refractivity contribution >= 4 is 27.5 Å². The lowest BCUT2D eigenvalue weighted by molar-refractivity contribution is 0.211. The van der Waals surface area contributed by atoms with Crippen molar-refractivity contribution in [1.29, 1.82) is 0 Å². The van der Waals surface area contributed by atoms with Crippen LogP contribution in [0, 0.1) is 0 Å². The molecule has 0 aliphatic heterocycles. The van der Waals surface area contributed by atoms with E-state index in [1.165, 1.54) is 11.1 Å². The van der Waals surface area contributed by atoms with Gasteiger partial charge in [0.1, 0.15) is 0 Å². The van der Waals surface area contributed by atoms with Gasteiger partial charge in [-0.2, -0.15) is 0 Å². The van der Waals surface area contributed by atoms with Crippen LogP contribution in [-0.2, 0) is 6.54 Å². The van der Waals surface area contributed by atoms with Gasteiger partial charge in [0.15, 0.2) is 0 Å². The number of hydrogen-bond acceptors (Lipinski definition) is 2. The standard InChI is InChI=1S/C17H20BrClN2/c1-12(20)17(14-5-7-15(18)8-6-14)21(2)11-13-3-9-16(19)10-4-13/h3-10,12,17H,11,20H2,1-2H3. The van der Waals surface area contributed by atoms with E-state index in [0.29, 0.717) is 0 Å². The molecule has 0 spiro atoms. The van der Waals surface area contributed by atoms with E-state index in [-0.39, 0.29) is 12.1 Å². The molecule has 0 aliphatic carbocycles. The minimum absolute atomic E-state index is 0.0449. The third-order valence-electron chi connectivity index (χ3n) is 3.53. The highest BCUT2D eigenvalue weighted by Gasteiger charge is 2.21. The van der Waals surface area contributed by atoms with E-state index in [0.717, 1.165) is 16.0 Å². The minimum Gasteiger partial charge on any atom is -0.326 e. The summed E-state index contributed by atoms with van der Waals surface area (Å²) >= 11 is 9.41. The quantitative estimate of drug-likeness (QED) is 0.835. The SMILES string of the molecule is CC(N)C(c1ccc(Br)cc1)N(C)Cc1ccc(Cl)cc1. The fourth-order valence-corrected chi connectivity index (χ4v) is 2.99. The van der Waals surface area contributed by atoms with Gasteiger partial charge in [0, 0.05) is 28.1 Å². The van der Waals surface area contributed by atoms with E-state index in [2.05, 4.69) is 64.3 Å². The van der Waals surface area contributed by atoms with Crippen LogP contribution in [0.25, 0.3) is 0 Å². The number of nitrogens with two attached hydrogens (primary N) is 1. The Labute approximate surface area is 140 Å². The number of benzene rings is 2. The smallest absolute Gasteiger partial charge is 0.0496 e. The summed E-state index contributed by atoms with van der Waals surface area (Å²) in [5.74, 6) is 0. The summed E-state index contributed by atoms with van der Waals surface area (Å²) < 4.78 is 1.08. The lowest BCUT2D eigenvalue weighted by Gasteiger charge is -2.31. The summed E-state index contributed by atoms with van der Waals surface area (Å²) in [6.45, 7) is 2.88. The molecule has 0 radical (unpaired) electrons. The normalized spacial score (nSPS) is 14.2. The number of nitrogens with zero attached hydrogens (tertiary/aromatic N) is 1. The van der Waals surface area contributed by atoms with Gasteiger partial charge in [0.05, 0.1) is 0 Å². The van der Waals surface area contributed by atoms with Crippen molar-refractivity contribution in [2.45, 2.75) is 25.6 Å². The van der Waals surface area contributed by atoms with Gasteiger partial charge < -0.3 is 5.73 Å². The first kappa shape index (κ1) is 16.5. The maximum Gasteiger partial charge on any atom is 0.0496 e. The molecule has 0 saturated heterocycles. The fraction of sp³-hybridized carbons (Fsp3) is 0.294. The second-order valence-electron chi connectivity index (χ2n) is 5.40. The van der Waals surface area contributed by atoms with Crippen LogP contribution in [0.1, 0.15) is 24.1 Å². The number of rotatable bonds is 5. The molecule has 112 valence electrons. The summed E-state index contributed by atoms with van der Waals surface area (Å²) in [4.78, 5) is 2.27. The summed E-state index contributed by atoms with van der Waals surface area (Å²) in [7, 11) is 2.10. The van der Waals surface area contributed by atoms with Crippen LogP contribution in [0.3, 0.4) is 0 Å². The Kier molecular flexibility index (Phi) is 5.82. The molecule has 0 amide bonds. The van der Waals surface area contributed by atoms with Gasteiger partial charge in [-0.1, -0.05) is 51.8 Å². The number of hydrogen-bond donors (Lipinski definition) is 1. The number of likely N-dealkylation sites (N-methyl/N-ethyl adjacent to an activating group) is 1. The van der Waals surface area contributed by atoms with Crippen molar-refractivity contribution in [3.05, 3.63) is 69.2 Å². The van der Waals surface area contributed by atoms with Crippen LogP contribution in [0.15, 0.2) is 53.0 Å². The van der Waals surface area contributed by atoms with Crippen molar-refractivity contribution in [3.8, 4) is 0 Å². The highest BCUT2D eigenvalue weighted by molar-refractivity contribution is 9.10. The van der Waals surface area contributed by atoms with E-state index < -0.39 is 0 Å². The Hall–Kier alpha value is -0.870. The lowest BCUT2D eigenvalue weighted by Crippen LogP contribution is -2.36. The summed E-state index contributed by atoms with van der Waals surface area (Å²) in [6.07, 6.45) is 0. The van der Waals surface area contributed by atoms with Crippen molar-refractivity contribution < 1.29 is 0 Å². The van der Waals surface area contributed by atoms with Crippen LogP contribution in [0.4, 0.5) is 0 Å². The number of halogens is 2. The zero-order chi connectivity index (χ0) is 15.4. The van der Waals surface area contributed by atoms with E-state index in [4.69, 9.17) is 17.3 Å². The predicted octanol–water partition coefficient (Wildman–Crippen LogP) is 4.62. The first-order chi connectivity index (χ1) is 9.97. The molecule has 2 nitrogen and oxygen atoms in total. The van der Waals surface area contributed by atoms with Gasteiger partial charge >= 0.3 is 0 Å². The van der Waals surface area contributed by atoms with E-state index in [9.17, 15) is 0 Å². The Morgan fingerprint density at radius 3 is 2.19 bits per heavy atom. The third-order valence-corrected chi connectivity index (χ3v) is 4.31. The van der Waals surface area contributed by atoms with Gasteiger partial charge in [-0.05, 0) is 49.4 Å². The molecular formula is C17H20BrClN2. The van der Waals surface area contributed by atoms with Crippen molar-refractivity contribution in [3.63, 3.8) is 0 Å². The molecule has 2 aromatic rings. The zero-order valence-electron chi connectivity index (χ0n) is 12.3. The van der Waals surface area contributed by atoms with Gasteiger partial charge in [-0.3, -0.25) is 4.90 Å². The second kappa shape index (κ2) is 7.41. The predicted molar refractivity (Wildman–Crippen MR) is 93.5 cm³/mol. The molecule has 0 aliphatic rings. The maximum atomic E-state index is 6.21. The van der Waals surface area contributed by atoms with Gasteiger partial charge in [0.2, 0.25) is 0 Å². The Balaban J connectivity index is 2.17. The van der Waals surface area contributed by atoms with Crippen LogP contribution in [0.2, 0.25) is 5.02 Å². The highest BCUT2D eigenvalue weighted by atomic mass is 79.9. The first-order valence-corrected chi connectivity index (χ1v) is 8.10. The van der Waals surface area contributed by atoms with Crippen molar-refractivity contribution in [1.82, 2.24) is 4.90 Å². The second-order valence-corrected chi connectivity index (χ2v) is 6.75. The Morgan fingerprint density at radius 2 is 1.67 bits per heavy atom. The lowest BCUT2D eigenvalue weighted by atomic mass is 9.99. The van der Waals surface area contributed by atoms with E-state index in [1.807, 2.05) is 19.1 Å². The average Bonchev–Trinajstić information content (AvgIpc) is 2.43. The zero-order valence-corrected chi connectivity index (χ0v) is 14.6. The molecule has 21 heavy (non-hydrogen) atoms. The van der Waals surface area contributed by atoms with Gasteiger partial charge in [-0.25, -0.2) is 0 Å². The summed E-state index contributed by atoms with van der Waals surface area (Å²) in [5, 5.41) is 0.762. The van der Waals surface area contributed by atoms with Crippen LogP contribution < -0.4 is 5.73 Å².